The second-order valence-corrected chi connectivity index (χ2v) is 6.25. The Hall–Kier alpha value is -2.21. The van der Waals surface area contributed by atoms with Gasteiger partial charge in [-0.15, -0.1) is 0 Å². The van der Waals surface area contributed by atoms with E-state index in [1.165, 1.54) is 0 Å². The van der Waals surface area contributed by atoms with E-state index in [9.17, 15) is 4.79 Å². The molecular formula is C16H20N4O2. The highest BCUT2D eigenvalue weighted by Gasteiger charge is 2.34. The Morgan fingerprint density at radius 3 is 2.82 bits per heavy atom. The molecule has 0 saturated carbocycles. The largest absolute Gasteiger partial charge is 0.369 e. The lowest BCUT2D eigenvalue weighted by molar-refractivity contribution is -0.118. The van der Waals surface area contributed by atoms with Crippen molar-refractivity contribution in [1.29, 1.82) is 0 Å². The summed E-state index contributed by atoms with van der Waals surface area (Å²) in [6.45, 7) is 7.18. The van der Waals surface area contributed by atoms with Crippen LogP contribution in [0.5, 0.6) is 0 Å². The summed E-state index contributed by atoms with van der Waals surface area (Å²) in [7, 11) is 0. The standard InChI is InChI=1S/C16H20N4O2/c1-12-9-20(10-16(2,3)22-12)15(21)13-4-5-14(18-8-13)19-7-6-17-11-19/h4-8,11-12H,9-10H2,1-3H3/t12-/m1/s1. The van der Waals surface area contributed by atoms with E-state index in [2.05, 4.69) is 9.97 Å². The van der Waals surface area contributed by atoms with Crippen LogP contribution in [0.25, 0.3) is 5.82 Å². The maximum Gasteiger partial charge on any atom is 0.255 e. The molecule has 1 amide bonds. The second kappa shape index (κ2) is 5.53. The van der Waals surface area contributed by atoms with Gasteiger partial charge >= 0.3 is 0 Å². The topological polar surface area (TPSA) is 60.2 Å². The molecule has 3 heterocycles. The number of hydrogen-bond donors (Lipinski definition) is 0. The van der Waals surface area contributed by atoms with Crippen molar-refractivity contribution >= 4 is 5.91 Å². The van der Waals surface area contributed by atoms with Crippen LogP contribution < -0.4 is 0 Å². The quantitative estimate of drug-likeness (QED) is 0.850. The van der Waals surface area contributed by atoms with Gasteiger partial charge in [-0.2, -0.15) is 0 Å². The first-order valence-electron chi connectivity index (χ1n) is 7.36. The molecule has 1 fully saturated rings. The van der Waals surface area contributed by atoms with Gasteiger partial charge in [0.2, 0.25) is 0 Å². The number of carbonyl (C=O) groups excluding carboxylic acids is 1. The van der Waals surface area contributed by atoms with Gasteiger partial charge < -0.3 is 9.64 Å². The van der Waals surface area contributed by atoms with Crippen molar-refractivity contribution in [3.63, 3.8) is 0 Å². The van der Waals surface area contributed by atoms with E-state index in [-0.39, 0.29) is 17.6 Å². The van der Waals surface area contributed by atoms with Crippen LogP contribution >= 0.6 is 0 Å². The highest BCUT2D eigenvalue weighted by molar-refractivity contribution is 5.94. The van der Waals surface area contributed by atoms with E-state index in [0.29, 0.717) is 18.7 Å². The second-order valence-electron chi connectivity index (χ2n) is 6.25. The molecule has 22 heavy (non-hydrogen) atoms. The van der Waals surface area contributed by atoms with E-state index in [0.717, 1.165) is 5.82 Å². The molecule has 0 unspecified atom stereocenters. The molecule has 1 aliphatic rings. The number of amides is 1. The first kappa shape index (κ1) is 14.7. The third-order valence-corrected chi connectivity index (χ3v) is 3.62. The van der Waals surface area contributed by atoms with Gasteiger partial charge in [0.05, 0.1) is 17.3 Å². The van der Waals surface area contributed by atoms with Crippen LogP contribution in [0.2, 0.25) is 0 Å². The number of rotatable bonds is 2. The molecule has 0 bridgehead atoms. The van der Waals surface area contributed by atoms with E-state index in [1.807, 2.05) is 37.9 Å². The SMILES string of the molecule is C[C@@H]1CN(C(=O)c2ccc(-n3ccnc3)nc2)CC(C)(C)O1. The average molecular weight is 300 g/mol. The minimum atomic E-state index is -0.322. The highest BCUT2D eigenvalue weighted by atomic mass is 16.5. The Morgan fingerprint density at radius 1 is 1.41 bits per heavy atom. The Balaban J connectivity index is 1.77. The Labute approximate surface area is 129 Å². The number of pyridine rings is 1. The van der Waals surface area contributed by atoms with Gasteiger partial charge in [0.1, 0.15) is 12.1 Å². The summed E-state index contributed by atoms with van der Waals surface area (Å²) in [5.41, 5.74) is 0.270. The van der Waals surface area contributed by atoms with Crippen molar-refractivity contribution in [2.45, 2.75) is 32.5 Å². The zero-order valence-corrected chi connectivity index (χ0v) is 13.1. The molecule has 116 valence electrons. The van der Waals surface area contributed by atoms with Gasteiger partial charge in [0.25, 0.3) is 5.91 Å². The lowest BCUT2D eigenvalue weighted by Crippen LogP contribution is -2.53. The summed E-state index contributed by atoms with van der Waals surface area (Å²) >= 11 is 0. The van der Waals surface area contributed by atoms with Gasteiger partial charge in [-0.3, -0.25) is 9.36 Å². The monoisotopic (exact) mass is 300 g/mol. The molecule has 0 aromatic carbocycles. The number of nitrogens with zero attached hydrogens (tertiary/aromatic N) is 4. The number of morpholine rings is 1. The molecule has 2 aromatic rings. The minimum absolute atomic E-state index is 0.00657. The molecule has 3 rings (SSSR count). The third-order valence-electron chi connectivity index (χ3n) is 3.62. The molecule has 0 aliphatic carbocycles. The predicted molar refractivity (Wildman–Crippen MR) is 81.9 cm³/mol. The molecule has 1 atom stereocenters. The van der Waals surface area contributed by atoms with E-state index >= 15 is 0 Å². The molecule has 6 nitrogen and oxygen atoms in total. The third kappa shape index (κ3) is 3.01. The van der Waals surface area contributed by atoms with Crippen molar-refractivity contribution in [3.05, 3.63) is 42.6 Å². The summed E-state index contributed by atoms with van der Waals surface area (Å²) in [6.07, 6.45) is 6.83. The van der Waals surface area contributed by atoms with Crippen LogP contribution in [-0.4, -0.2) is 50.1 Å². The Kier molecular flexibility index (Phi) is 3.70. The van der Waals surface area contributed by atoms with E-state index in [4.69, 9.17) is 4.74 Å². The van der Waals surface area contributed by atoms with Crippen LogP contribution in [0.4, 0.5) is 0 Å². The summed E-state index contributed by atoms with van der Waals surface area (Å²) in [4.78, 5) is 22.8. The van der Waals surface area contributed by atoms with E-state index in [1.54, 1.807) is 29.4 Å². The molecular weight excluding hydrogens is 280 g/mol. The molecule has 1 aliphatic heterocycles. The highest BCUT2D eigenvalue weighted by Crippen LogP contribution is 2.22. The summed E-state index contributed by atoms with van der Waals surface area (Å²) in [5, 5.41) is 0. The predicted octanol–water partition coefficient (Wildman–Crippen LogP) is 1.91. The molecule has 0 spiro atoms. The van der Waals surface area contributed by atoms with Crippen molar-refractivity contribution in [3.8, 4) is 5.82 Å². The maximum atomic E-state index is 12.6. The molecule has 6 heteroatoms. The fourth-order valence-corrected chi connectivity index (χ4v) is 2.85. The first-order chi connectivity index (χ1) is 10.4. The number of carbonyl (C=O) groups is 1. The van der Waals surface area contributed by atoms with Crippen molar-refractivity contribution in [2.24, 2.45) is 0 Å². The van der Waals surface area contributed by atoms with Gasteiger partial charge in [0, 0.05) is 31.7 Å². The fourth-order valence-electron chi connectivity index (χ4n) is 2.85. The number of hydrogen-bond acceptors (Lipinski definition) is 4. The minimum Gasteiger partial charge on any atom is -0.369 e. The zero-order valence-electron chi connectivity index (χ0n) is 13.1. The van der Waals surface area contributed by atoms with Gasteiger partial charge in [-0.1, -0.05) is 0 Å². The summed E-state index contributed by atoms with van der Waals surface area (Å²) < 4.78 is 7.64. The zero-order chi connectivity index (χ0) is 15.7. The van der Waals surface area contributed by atoms with Crippen LogP contribution in [0.1, 0.15) is 31.1 Å². The van der Waals surface area contributed by atoms with Crippen LogP contribution in [-0.2, 0) is 4.74 Å². The summed E-state index contributed by atoms with van der Waals surface area (Å²) in [6, 6.07) is 3.63. The van der Waals surface area contributed by atoms with Gasteiger partial charge in [-0.25, -0.2) is 9.97 Å². The molecule has 1 saturated heterocycles. The lowest BCUT2D eigenvalue weighted by Gasteiger charge is -2.41. The van der Waals surface area contributed by atoms with E-state index < -0.39 is 0 Å². The van der Waals surface area contributed by atoms with Gasteiger partial charge in [0.15, 0.2) is 0 Å². The average Bonchev–Trinajstić information content (AvgIpc) is 2.99. The van der Waals surface area contributed by atoms with Crippen LogP contribution in [0.15, 0.2) is 37.1 Å². The fraction of sp³-hybridized carbons (Fsp3) is 0.438. The van der Waals surface area contributed by atoms with Crippen LogP contribution in [0.3, 0.4) is 0 Å². The van der Waals surface area contributed by atoms with Gasteiger partial charge in [-0.05, 0) is 32.9 Å². The molecule has 2 aromatic heterocycles. The molecule has 0 radical (unpaired) electrons. The van der Waals surface area contributed by atoms with Crippen molar-refractivity contribution in [1.82, 2.24) is 19.4 Å². The Morgan fingerprint density at radius 2 is 2.23 bits per heavy atom. The smallest absolute Gasteiger partial charge is 0.255 e. The number of aromatic nitrogens is 3. The normalized spacial score (nSPS) is 20.9. The first-order valence-corrected chi connectivity index (χ1v) is 7.36. The van der Waals surface area contributed by atoms with Crippen molar-refractivity contribution < 1.29 is 9.53 Å². The number of ether oxygens (including phenoxy) is 1. The van der Waals surface area contributed by atoms with Crippen LogP contribution in [0, 0.1) is 0 Å². The summed E-state index contributed by atoms with van der Waals surface area (Å²) in [5.74, 6) is 0.734. The molecule has 0 N–H and O–H groups in total. The Bertz CT molecular complexity index is 649. The lowest BCUT2D eigenvalue weighted by atomic mass is 10.0. The van der Waals surface area contributed by atoms with Crippen molar-refractivity contribution in [2.75, 3.05) is 13.1 Å². The number of imidazole rings is 1. The maximum absolute atomic E-state index is 12.6.